The van der Waals surface area contributed by atoms with Crippen molar-refractivity contribution >= 4 is 11.4 Å². The van der Waals surface area contributed by atoms with E-state index in [0.29, 0.717) is 5.41 Å². The first-order chi connectivity index (χ1) is 10.1. The van der Waals surface area contributed by atoms with Gasteiger partial charge in [0.15, 0.2) is 0 Å². The standard InChI is InChI=1S/C20H27N/c1-20(2,3)16-10-11-17-21(18-12-6-4-7-13-18)19-14-8-5-9-15-19/h4-9,12-15H,10-11,16-17H2,1-3H3. The van der Waals surface area contributed by atoms with Crippen LogP contribution in [-0.2, 0) is 0 Å². The molecule has 2 aromatic carbocycles. The maximum atomic E-state index is 2.42. The number of para-hydroxylation sites is 2. The van der Waals surface area contributed by atoms with Crippen molar-refractivity contribution in [3.8, 4) is 0 Å². The normalized spacial score (nSPS) is 11.4. The molecule has 0 aliphatic rings. The average Bonchev–Trinajstić information content (AvgIpc) is 2.48. The van der Waals surface area contributed by atoms with E-state index in [0.717, 1.165) is 6.54 Å². The van der Waals surface area contributed by atoms with Crippen LogP contribution in [0.2, 0.25) is 0 Å². The number of anilines is 2. The molecule has 21 heavy (non-hydrogen) atoms. The van der Waals surface area contributed by atoms with Crippen LogP contribution < -0.4 is 4.90 Å². The van der Waals surface area contributed by atoms with E-state index in [1.54, 1.807) is 0 Å². The number of rotatable bonds is 6. The molecule has 0 amide bonds. The number of nitrogens with zero attached hydrogens (tertiary/aromatic N) is 1. The number of benzene rings is 2. The van der Waals surface area contributed by atoms with Crippen molar-refractivity contribution < 1.29 is 0 Å². The van der Waals surface area contributed by atoms with Crippen LogP contribution in [0.5, 0.6) is 0 Å². The Morgan fingerprint density at radius 2 is 1.19 bits per heavy atom. The van der Waals surface area contributed by atoms with Crippen molar-refractivity contribution in [2.75, 3.05) is 11.4 Å². The van der Waals surface area contributed by atoms with Gasteiger partial charge in [0.1, 0.15) is 0 Å². The van der Waals surface area contributed by atoms with E-state index < -0.39 is 0 Å². The fourth-order valence-corrected chi connectivity index (χ4v) is 2.55. The van der Waals surface area contributed by atoms with E-state index in [4.69, 9.17) is 0 Å². The predicted octanol–water partition coefficient (Wildman–Crippen LogP) is 6.04. The van der Waals surface area contributed by atoms with Gasteiger partial charge in [-0.25, -0.2) is 0 Å². The Kier molecular flexibility index (Phi) is 5.44. The molecule has 0 bridgehead atoms. The van der Waals surface area contributed by atoms with E-state index in [2.05, 4.69) is 86.3 Å². The second kappa shape index (κ2) is 7.31. The van der Waals surface area contributed by atoms with Crippen LogP contribution >= 0.6 is 0 Å². The molecule has 1 nitrogen and oxygen atoms in total. The lowest BCUT2D eigenvalue weighted by molar-refractivity contribution is 0.361. The first-order valence-corrected chi connectivity index (χ1v) is 7.94. The molecule has 1 heteroatoms. The summed E-state index contributed by atoms with van der Waals surface area (Å²) >= 11 is 0. The molecule has 0 saturated heterocycles. The zero-order valence-electron chi connectivity index (χ0n) is 13.5. The summed E-state index contributed by atoms with van der Waals surface area (Å²) in [4.78, 5) is 2.42. The summed E-state index contributed by atoms with van der Waals surface area (Å²) in [5.41, 5.74) is 2.99. The topological polar surface area (TPSA) is 3.24 Å². The van der Waals surface area contributed by atoms with Crippen molar-refractivity contribution in [1.29, 1.82) is 0 Å². The highest BCUT2D eigenvalue weighted by molar-refractivity contribution is 5.62. The molecule has 2 aromatic rings. The van der Waals surface area contributed by atoms with E-state index in [9.17, 15) is 0 Å². The van der Waals surface area contributed by atoms with Gasteiger partial charge in [-0.05, 0) is 42.5 Å². The van der Waals surface area contributed by atoms with Crippen molar-refractivity contribution in [1.82, 2.24) is 0 Å². The lowest BCUT2D eigenvalue weighted by Gasteiger charge is -2.26. The van der Waals surface area contributed by atoms with Gasteiger partial charge >= 0.3 is 0 Å². The third-order valence-corrected chi connectivity index (χ3v) is 3.69. The Morgan fingerprint density at radius 3 is 1.62 bits per heavy atom. The predicted molar refractivity (Wildman–Crippen MR) is 93.2 cm³/mol. The van der Waals surface area contributed by atoms with E-state index in [1.165, 1.54) is 30.6 Å². The van der Waals surface area contributed by atoms with Gasteiger partial charge in [0, 0.05) is 17.9 Å². The molecular weight excluding hydrogens is 254 g/mol. The van der Waals surface area contributed by atoms with E-state index in [-0.39, 0.29) is 0 Å². The Labute approximate surface area is 129 Å². The second-order valence-corrected chi connectivity index (χ2v) is 6.84. The van der Waals surface area contributed by atoms with Crippen molar-refractivity contribution in [2.24, 2.45) is 5.41 Å². The molecule has 0 aliphatic heterocycles. The summed E-state index contributed by atoms with van der Waals surface area (Å²) in [5, 5.41) is 0. The summed E-state index contributed by atoms with van der Waals surface area (Å²) < 4.78 is 0. The summed E-state index contributed by atoms with van der Waals surface area (Å²) in [5.74, 6) is 0. The van der Waals surface area contributed by atoms with Gasteiger partial charge in [-0.3, -0.25) is 0 Å². The minimum Gasteiger partial charge on any atom is -0.341 e. The SMILES string of the molecule is CC(C)(C)CCCCN(c1ccccc1)c1ccccc1. The van der Waals surface area contributed by atoms with Crippen LogP contribution in [0, 0.1) is 5.41 Å². The summed E-state index contributed by atoms with van der Waals surface area (Å²) in [6.07, 6.45) is 3.78. The highest BCUT2D eigenvalue weighted by Gasteiger charge is 2.11. The van der Waals surface area contributed by atoms with Crippen molar-refractivity contribution in [3.05, 3.63) is 60.7 Å². The van der Waals surface area contributed by atoms with Gasteiger partial charge in [0.05, 0.1) is 0 Å². The Balaban J connectivity index is 2.04. The summed E-state index contributed by atoms with van der Waals surface area (Å²) in [6.45, 7) is 8.03. The fourth-order valence-electron chi connectivity index (χ4n) is 2.55. The molecule has 0 radical (unpaired) electrons. The molecule has 0 spiro atoms. The van der Waals surface area contributed by atoms with Crippen LogP contribution in [0.4, 0.5) is 11.4 Å². The molecule has 0 atom stereocenters. The molecule has 0 unspecified atom stereocenters. The zero-order chi connectivity index (χ0) is 15.1. The molecule has 0 saturated carbocycles. The summed E-state index contributed by atoms with van der Waals surface area (Å²) in [7, 11) is 0. The molecule has 0 heterocycles. The maximum absolute atomic E-state index is 2.42. The molecule has 0 fully saturated rings. The minimum absolute atomic E-state index is 0.435. The van der Waals surface area contributed by atoms with Crippen LogP contribution in [-0.4, -0.2) is 6.54 Å². The van der Waals surface area contributed by atoms with Crippen LogP contribution in [0.25, 0.3) is 0 Å². The first kappa shape index (κ1) is 15.6. The Morgan fingerprint density at radius 1 is 0.714 bits per heavy atom. The highest BCUT2D eigenvalue weighted by atomic mass is 15.1. The monoisotopic (exact) mass is 281 g/mol. The van der Waals surface area contributed by atoms with Gasteiger partial charge in [0.25, 0.3) is 0 Å². The molecular formula is C20H27N. The highest BCUT2D eigenvalue weighted by Crippen LogP contribution is 2.27. The molecule has 0 N–H and O–H groups in total. The maximum Gasteiger partial charge on any atom is 0.0410 e. The third kappa shape index (κ3) is 5.26. The van der Waals surface area contributed by atoms with E-state index >= 15 is 0 Å². The number of hydrogen-bond donors (Lipinski definition) is 0. The zero-order valence-corrected chi connectivity index (χ0v) is 13.5. The number of hydrogen-bond acceptors (Lipinski definition) is 1. The Hall–Kier alpha value is -1.76. The lowest BCUT2D eigenvalue weighted by atomic mass is 9.90. The van der Waals surface area contributed by atoms with Crippen LogP contribution in [0.1, 0.15) is 40.0 Å². The quantitative estimate of drug-likeness (QED) is 0.583. The van der Waals surface area contributed by atoms with Crippen LogP contribution in [0.3, 0.4) is 0 Å². The Bertz CT molecular complexity index is 471. The average molecular weight is 281 g/mol. The minimum atomic E-state index is 0.435. The van der Waals surface area contributed by atoms with Crippen molar-refractivity contribution in [3.63, 3.8) is 0 Å². The molecule has 112 valence electrons. The van der Waals surface area contributed by atoms with Gasteiger partial charge in [-0.1, -0.05) is 63.6 Å². The van der Waals surface area contributed by atoms with Crippen molar-refractivity contribution in [2.45, 2.75) is 40.0 Å². The lowest BCUT2D eigenvalue weighted by Crippen LogP contribution is -2.18. The fraction of sp³-hybridized carbons (Fsp3) is 0.400. The third-order valence-electron chi connectivity index (χ3n) is 3.69. The second-order valence-electron chi connectivity index (χ2n) is 6.84. The summed E-state index contributed by atoms with van der Waals surface area (Å²) in [6, 6.07) is 21.4. The van der Waals surface area contributed by atoms with Gasteiger partial charge in [-0.15, -0.1) is 0 Å². The molecule has 2 rings (SSSR count). The van der Waals surface area contributed by atoms with Crippen LogP contribution in [0.15, 0.2) is 60.7 Å². The first-order valence-electron chi connectivity index (χ1n) is 7.94. The van der Waals surface area contributed by atoms with Gasteiger partial charge in [0.2, 0.25) is 0 Å². The molecule has 0 aliphatic carbocycles. The number of unbranched alkanes of at least 4 members (excludes halogenated alkanes) is 1. The largest absolute Gasteiger partial charge is 0.341 e. The smallest absolute Gasteiger partial charge is 0.0410 e. The van der Waals surface area contributed by atoms with E-state index in [1.807, 2.05) is 0 Å². The molecule has 0 aromatic heterocycles. The van der Waals surface area contributed by atoms with Gasteiger partial charge < -0.3 is 4.90 Å². The van der Waals surface area contributed by atoms with Gasteiger partial charge in [-0.2, -0.15) is 0 Å².